The third kappa shape index (κ3) is 4.52. The summed E-state index contributed by atoms with van der Waals surface area (Å²) in [6.45, 7) is 0.162. The lowest BCUT2D eigenvalue weighted by molar-refractivity contribution is -0.142. The number of carbonyl (C=O) groups excluding carboxylic acids is 3. The number of thioether (sulfide) groups is 1. The summed E-state index contributed by atoms with van der Waals surface area (Å²) in [7, 11) is 0. The van der Waals surface area contributed by atoms with E-state index in [0.717, 1.165) is 38.5 Å². The van der Waals surface area contributed by atoms with Gasteiger partial charge in [0.25, 0.3) is 0 Å². The fourth-order valence-corrected chi connectivity index (χ4v) is 5.15. The van der Waals surface area contributed by atoms with Gasteiger partial charge in [-0.15, -0.1) is 0 Å². The Morgan fingerprint density at radius 2 is 1.71 bits per heavy atom. The first kappa shape index (κ1) is 17.8. The second kappa shape index (κ2) is 8.37. The molecule has 0 radical (unpaired) electrons. The molecule has 2 saturated carbocycles. The van der Waals surface area contributed by atoms with E-state index in [4.69, 9.17) is 0 Å². The van der Waals surface area contributed by atoms with Crippen LogP contribution in [0.25, 0.3) is 0 Å². The van der Waals surface area contributed by atoms with E-state index in [0.29, 0.717) is 12.2 Å². The highest BCUT2D eigenvalue weighted by Gasteiger charge is 2.36. The maximum Gasteiger partial charge on any atom is 0.239 e. The van der Waals surface area contributed by atoms with Gasteiger partial charge in [0.1, 0.15) is 0 Å². The van der Waals surface area contributed by atoms with E-state index in [1.807, 2.05) is 0 Å². The van der Waals surface area contributed by atoms with E-state index in [-0.39, 0.29) is 41.5 Å². The summed E-state index contributed by atoms with van der Waals surface area (Å²) in [5, 5.41) is 3.23. The number of hydrogen-bond acceptors (Lipinski definition) is 4. The summed E-state index contributed by atoms with van der Waals surface area (Å²) < 4.78 is 0. The molecule has 1 saturated heterocycles. The highest BCUT2D eigenvalue weighted by Crippen LogP contribution is 2.30. The molecule has 3 rings (SSSR count). The molecular formula is C18H28N2O3S. The molecular weight excluding hydrogens is 324 g/mol. The molecule has 0 unspecified atom stereocenters. The Balaban J connectivity index is 1.60. The normalized spacial score (nSPS) is 25.8. The van der Waals surface area contributed by atoms with Crippen LogP contribution in [-0.2, 0) is 14.4 Å². The van der Waals surface area contributed by atoms with Gasteiger partial charge in [-0.3, -0.25) is 14.4 Å². The molecule has 2 aliphatic carbocycles. The van der Waals surface area contributed by atoms with Crippen LogP contribution in [0.1, 0.15) is 64.2 Å². The molecule has 3 aliphatic rings. The summed E-state index contributed by atoms with van der Waals surface area (Å²) in [6.07, 6.45) is 10.3. The molecule has 2 amide bonds. The fraction of sp³-hybridized carbons (Fsp3) is 0.833. The van der Waals surface area contributed by atoms with Crippen molar-refractivity contribution in [2.24, 2.45) is 5.92 Å². The van der Waals surface area contributed by atoms with Crippen LogP contribution in [0.15, 0.2) is 0 Å². The van der Waals surface area contributed by atoms with Crippen molar-refractivity contribution in [3.8, 4) is 0 Å². The minimum Gasteiger partial charge on any atom is -0.352 e. The van der Waals surface area contributed by atoms with E-state index >= 15 is 0 Å². The first-order valence-electron chi connectivity index (χ1n) is 9.39. The van der Waals surface area contributed by atoms with E-state index in [2.05, 4.69) is 5.32 Å². The van der Waals surface area contributed by atoms with Gasteiger partial charge in [-0.1, -0.05) is 43.9 Å². The van der Waals surface area contributed by atoms with E-state index in [1.54, 1.807) is 4.90 Å². The number of nitrogens with one attached hydrogen (secondary N) is 1. The molecule has 0 aromatic rings. The van der Waals surface area contributed by atoms with Gasteiger partial charge in [0.2, 0.25) is 11.8 Å². The van der Waals surface area contributed by atoms with Crippen molar-refractivity contribution in [2.45, 2.75) is 76.3 Å². The van der Waals surface area contributed by atoms with Crippen LogP contribution in [0.2, 0.25) is 0 Å². The van der Waals surface area contributed by atoms with Crippen LogP contribution in [-0.4, -0.2) is 46.2 Å². The maximum absolute atomic E-state index is 12.9. The Labute approximate surface area is 148 Å². The summed E-state index contributed by atoms with van der Waals surface area (Å²) in [5.74, 6) is 0.328. The smallest absolute Gasteiger partial charge is 0.239 e. The molecule has 1 N–H and O–H groups in total. The van der Waals surface area contributed by atoms with Crippen molar-refractivity contribution >= 4 is 28.7 Å². The van der Waals surface area contributed by atoms with Gasteiger partial charge in [-0.2, -0.15) is 0 Å². The van der Waals surface area contributed by atoms with Gasteiger partial charge in [-0.25, -0.2) is 0 Å². The average molecular weight is 353 g/mol. The predicted molar refractivity (Wildman–Crippen MR) is 94.6 cm³/mol. The lowest BCUT2D eigenvalue weighted by Gasteiger charge is -2.31. The SMILES string of the molecule is O=C(CN(C(=O)[C@@H]1CSC(=O)C1)C1CCCC1)NC1CCCCC1. The van der Waals surface area contributed by atoms with Crippen molar-refractivity contribution in [1.82, 2.24) is 10.2 Å². The highest BCUT2D eigenvalue weighted by molar-refractivity contribution is 8.14. The Morgan fingerprint density at radius 3 is 2.33 bits per heavy atom. The number of carbonyl (C=O) groups is 3. The van der Waals surface area contributed by atoms with E-state index < -0.39 is 0 Å². The van der Waals surface area contributed by atoms with Crippen LogP contribution >= 0.6 is 11.8 Å². The molecule has 0 spiro atoms. The zero-order chi connectivity index (χ0) is 16.9. The van der Waals surface area contributed by atoms with Crippen LogP contribution in [0.5, 0.6) is 0 Å². The van der Waals surface area contributed by atoms with Crippen LogP contribution in [0.3, 0.4) is 0 Å². The van der Waals surface area contributed by atoms with Gasteiger partial charge in [0.15, 0.2) is 5.12 Å². The Morgan fingerprint density at radius 1 is 1.04 bits per heavy atom. The Kier molecular flexibility index (Phi) is 6.19. The molecule has 0 aromatic heterocycles. The highest BCUT2D eigenvalue weighted by atomic mass is 32.2. The second-order valence-electron chi connectivity index (χ2n) is 7.39. The Bertz CT molecular complexity index is 485. The molecule has 0 aromatic carbocycles. The maximum atomic E-state index is 12.9. The molecule has 0 bridgehead atoms. The summed E-state index contributed by atoms with van der Waals surface area (Å²) in [4.78, 5) is 38.7. The molecule has 1 heterocycles. The molecule has 24 heavy (non-hydrogen) atoms. The van der Waals surface area contributed by atoms with Crippen molar-refractivity contribution in [2.75, 3.05) is 12.3 Å². The van der Waals surface area contributed by atoms with Crippen molar-refractivity contribution in [3.05, 3.63) is 0 Å². The first-order chi connectivity index (χ1) is 11.6. The van der Waals surface area contributed by atoms with Gasteiger partial charge in [-0.05, 0) is 25.7 Å². The monoisotopic (exact) mass is 352 g/mol. The number of amides is 2. The summed E-state index contributed by atoms with van der Waals surface area (Å²) in [5.41, 5.74) is 0. The quantitative estimate of drug-likeness (QED) is 0.825. The zero-order valence-corrected chi connectivity index (χ0v) is 15.1. The molecule has 1 aliphatic heterocycles. The van der Waals surface area contributed by atoms with Crippen LogP contribution < -0.4 is 5.32 Å². The molecule has 1 atom stereocenters. The molecule has 5 nitrogen and oxygen atoms in total. The average Bonchev–Trinajstić information content (AvgIpc) is 3.24. The van der Waals surface area contributed by atoms with Gasteiger partial charge in [0.05, 0.1) is 12.5 Å². The van der Waals surface area contributed by atoms with Gasteiger partial charge < -0.3 is 10.2 Å². The van der Waals surface area contributed by atoms with Crippen LogP contribution in [0, 0.1) is 5.92 Å². The zero-order valence-electron chi connectivity index (χ0n) is 14.3. The topological polar surface area (TPSA) is 66.5 Å². The third-order valence-electron chi connectivity index (χ3n) is 5.54. The van der Waals surface area contributed by atoms with Gasteiger partial charge in [0, 0.05) is 24.3 Å². The van der Waals surface area contributed by atoms with Crippen molar-refractivity contribution in [3.63, 3.8) is 0 Å². The number of nitrogens with zero attached hydrogens (tertiary/aromatic N) is 1. The first-order valence-corrected chi connectivity index (χ1v) is 10.4. The predicted octanol–water partition coefficient (Wildman–Crippen LogP) is 2.49. The second-order valence-corrected chi connectivity index (χ2v) is 8.47. The van der Waals surface area contributed by atoms with Crippen molar-refractivity contribution < 1.29 is 14.4 Å². The molecule has 134 valence electrons. The van der Waals surface area contributed by atoms with Gasteiger partial charge >= 0.3 is 0 Å². The minimum absolute atomic E-state index is 0.0130. The summed E-state index contributed by atoms with van der Waals surface area (Å²) in [6, 6.07) is 0.450. The minimum atomic E-state index is -0.231. The third-order valence-corrected chi connectivity index (χ3v) is 6.60. The van der Waals surface area contributed by atoms with E-state index in [9.17, 15) is 14.4 Å². The fourth-order valence-electron chi connectivity index (χ4n) is 4.18. The largest absolute Gasteiger partial charge is 0.352 e. The standard InChI is InChI=1S/C18H28N2O3S/c21-16(19-14-6-2-1-3-7-14)11-20(15-8-4-5-9-15)18(23)13-10-17(22)24-12-13/h13-15H,1-12H2,(H,19,21)/t13-/m0/s1. The Hall–Kier alpha value is -1.04. The van der Waals surface area contributed by atoms with Crippen LogP contribution in [0.4, 0.5) is 0 Å². The van der Waals surface area contributed by atoms with E-state index in [1.165, 1.54) is 31.0 Å². The number of hydrogen-bond donors (Lipinski definition) is 1. The lowest BCUT2D eigenvalue weighted by atomic mass is 9.95. The summed E-state index contributed by atoms with van der Waals surface area (Å²) >= 11 is 1.25. The van der Waals surface area contributed by atoms with Crippen molar-refractivity contribution in [1.29, 1.82) is 0 Å². The number of rotatable bonds is 5. The molecule has 6 heteroatoms. The lowest BCUT2D eigenvalue weighted by Crippen LogP contribution is -2.49. The molecule has 3 fully saturated rings.